The van der Waals surface area contributed by atoms with Crippen molar-refractivity contribution in [1.29, 1.82) is 0 Å². The first-order valence-corrected chi connectivity index (χ1v) is 13.1. The molecule has 2 aliphatic heterocycles. The van der Waals surface area contributed by atoms with E-state index in [0.29, 0.717) is 82.1 Å². The molecule has 1 saturated carbocycles. The standard InChI is InChI=1S/C26H30F2N6O4/c27-23(28)24-29-19-3-1-2-4-20(19)34(24)21-13-22(31-26(30-21)32-9-11-37-12-10-32)38-18-14-33(15-18)25(36)16-5-7-17(35)8-6-16/h1-4,13,16-18,23,35H,5-12,14-15H2. The number of nitrogens with zero attached hydrogens (tertiary/aromatic N) is 6. The number of carbonyl (C=O) groups is 1. The number of alkyl halides is 2. The second-order valence-corrected chi connectivity index (χ2v) is 10.0. The summed E-state index contributed by atoms with van der Waals surface area (Å²) in [6, 6.07) is 8.49. The van der Waals surface area contributed by atoms with Crippen LogP contribution in [0, 0.1) is 5.92 Å². The van der Waals surface area contributed by atoms with Gasteiger partial charge in [-0.05, 0) is 37.8 Å². The maximum atomic E-state index is 14.0. The normalized spacial score (nSPS) is 22.6. The number of benzene rings is 1. The van der Waals surface area contributed by atoms with Crippen LogP contribution in [0.5, 0.6) is 5.88 Å². The number of anilines is 1. The van der Waals surface area contributed by atoms with Crippen molar-refractivity contribution in [2.75, 3.05) is 44.3 Å². The maximum Gasteiger partial charge on any atom is 0.296 e. The molecule has 6 rings (SSSR count). The lowest BCUT2D eigenvalue weighted by atomic mass is 9.86. The minimum Gasteiger partial charge on any atom is -0.470 e. The molecule has 0 bridgehead atoms. The number of aromatic nitrogens is 4. The molecule has 3 aliphatic rings. The van der Waals surface area contributed by atoms with Crippen LogP contribution in [-0.4, -0.2) is 87.0 Å². The Balaban J connectivity index is 1.26. The topological polar surface area (TPSA) is 106 Å². The summed E-state index contributed by atoms with van der Waals surface area (Å²) in [5.41, 5.74) is 0.957. The molecule has 2 aromatic heterocycles. The Hall–Kier alpha value is -3.38. The van der Waals surface area contributed by atoms with Crippen LogP contribution in [0.4, 0.5) is 14.7 Å². The number of morpholine rings is 1. The van der Waals surface area contributed by atoms with Gasteiger partial charge in [0.05, 0.1) is 43.4 Å². The summed E-state index contributed by atoms with van der Waals surface area (Å²) >= 11 is 0. The molecule has 0 atom stereocenters. The van der Waals surface area contributed by atoms with Gasteiger partial charge in [0.2, 0.25) is 17.7 Å². The van der Waals surface area contributed by atoms with E-state index in [1.54, 1.807) is 35.2 Å². The van der Waals surface area contributed by atoms with E-state index < -0.39 is 12.2 Å². The molecular weight excluding hydrogens is 498 g/mol. The summed E-state index contributed by atoms with van der Waals surface area (Å²) in [7, 11) is 0. The van der Waals surface area contributed by atoms with Gasteiger partial charge in [-0.2, -0.15) is 9.97 Å². The van der Waals surface area contributed by atoms with E-state index in [0.717, 1.165) is 0 Å². The Morgan fingerprint density at radius 3 is 2.53 bits per heavy atom. The SMILES string of the molecule is O=C(C1CCC(O)CC1)N1CC(Oc2cc(-n3c(C(F)F)nc4ccccc43)nc(N3CCOCC3)n2)C1. The predicted molar refractivity (Wildman–Crippen MR) is 134 cm³/mol. The fourth-order valence-electron chi connectivity index (χ4n) is 5.36. The smallest absolute Gasteiger partial charge is 0.296 e. The van der Waals surface area contributed by atoms with Gasteiger partial charge in [-0.25, -0.2) is 13.8 Å². The molecule has 1 aliphatic carbocycles. The summed E-state index contributed by atoms with van der Waals surface area (Å²) in [5, 5.41) is 9.72. The van der Waals surface area contributed by atoms with Gasteiger partial charge in [0.1, 0.15) is 11.9 Å². The number of aliphatic hydroxyl groups is 1. The summed E-state index contributed by atoms with van der Waals surface area (Å²) in [5.74, 6) is 0.510. The fourth-order valence-corrected chi connectivity index (χ4v) is 5.36. The quantitative estimate of drug-likeness (QED) is 0.521. The average molecular weight is 529 g/mol. The molecule has 1 N–H and O–H groups in total. The molecule has 202 valence electrons. The molecule has 0 unspecified atom stereocenters. The predicted octanol–water partition coefficient (Wildman–Crippen LogP) is 2.73. The van der Waals surface area contributed by atoms with Crippen LogP contribution in [0.2, 0.25) is 0 Å². The van der Waals surface area contributed by atoms with E-state index in [4.69, 9.17) is 9.47 Å². The highest BCUT2D eigenvalue weighted by Gasteiger charge is 2.37. The average Bonchev–Trinajstić information content (AvgIpc) is 3.31. The lowest BCUT2D eigenvalue weighted by Crippen LogP contribution is -2.58. The van der Waals surface area contributed by atoms with Crippen molar-refractivity contribution < 1.29 is 28.2 Å². The summed E-state index contributed by atoms with van der Waals surface area (Å²) < 4.78 is 41.0. The van der Waals surface area contributed by atoms with Crippen LogP contribution in [-0.2, 0) is 9.53 Å². The van der Waals surface area contributed by atoms with Crippen LogP contribution >= 0.6 is 0 Å². The molecule has 3 aromatic rings. The number of amides is 1. The van der Waals surface area contributed by atoms with Gasteiger partial charge >= 0.3 is 0 Å². The molecule has 38 heavy (non-hydrogen) atoms. The van der Waals surface area contributed by atoms with Crippen molar-refractivity contribution in [1.82, 2.24) is 24.4 Å². The molecule has 1 amide bonds. The number of aliphatic hydroxyl groups excluding tert-OH is 1. The summed E-state index contributed by atoms with van der Waals surface area (Å²) in [6.45, 7) is 3.02. The minimum absolute atomic E-state index is 0.0554. The van der Waals surface area contributed by atoms with Crippen molar-refractivity contribution in [3.05, 3.63) is 36.2 Å². The Bertz CT molecular complexity index is 1300. The Morgan fingerprint density at radius 1 is 1.05 bits per heavy atom. The molecule has 0 spiro atoms. The van der Waals surface area contributed by atoms with Crippen LogP contribution < -0.4 is 9.64 Å². The highest BCUT2D eigenvalue weighted by molar-refractivity contribution is 5.80. The number of fused-ring (bicyclic) bond motifs is 1. The Morgan fingerprint density at radius 2 is 1.79 bits per heavy atom. The van der Waals surface area contributed by atoms with Crippen molar-refractivity contribution in [2.24, 2.45) is 5.92 Å². The van der Waals surface area contributed by atoms with Crippen molar-refractivity contribution in [3.8, 4) is 11.7 Å². The number of rotatable bonds is 6. The molecule has 12 heteroatoms. The number of likely N-dealkylation sites (tertiary alicyclic amines) is 1. The van der Waals surface area contributed by atoms with Crippen molar-refractivity contribution in [2.45, 2.75) is 44.3 Å². The molecule has 0 radical (unpaired) electrons. The summed E-state index contributed by atoms with van der Waals surface area (Å²) in [6.07, 6.45) is -0.666. The molecule has 2 saturated heterocycles. The number of imidazole rings is 1. The molecule has 10 nitrogen and oxygen atoms in total. The van der Waals surface area contributed by atoms with E-state index in [2.05, 4.69) is 15.0 Å². The van der Waals surface area contributed by atoms with Gasteiger partial charge in [0.25, 0.3) is 6.43 Å². The van der Waals surface area contributed by atoms with Gasteiger partial charge in [0.15, 0.2) is 5.82 Å². The van der Waals surface area contributed by atoms with E-state index in [1.807, 2.05) is 4.90 Å². The van der Waals surface area contributed by atoms with Gasteiger partial charge in [-0.15, -0.1) is 0 Å². The lowest BCUT2D eigenvalue weighted by Gasteiger charge is -2.41. The minimum atomic E-state index is -2.80. The zero-order valence-electron chi connectivity index (χ0n) is 20.9. The number of hydrogen-bond donors (Lipinski definition) is 1. The highest BCUT2D eigenvalue weighted by Crippen LogP contribution is 2.31. The summed E-state index contributed by atoms with van der Waals surface area (Å²) in [4.78, 5) is 29.9. The number of halogens is 2. The third-order valence-corrected chi connectivity index (χ3v) is 7.48. The van der Waals surface area contributed by atoms with Crippen LogP contribution in [0.1, 0.15) is 37.9 Å². The Labute approximate surface area is 218 Å². The zero-order valence-corrected chi connectivity index (χ0v) is 20.9. The van der Waals surface area contributed by atoms with E-state index in [1.165, 1.54) is 4.57 Å². The van der Waals surface area contributed by atoms with Gasteiger partial charge in [-0.1, -0.05) is 12.1 Å². The third-order valence-electron chi connectivity index (χ3n) is 7.48. The first kappa shape index (κ1) is 24.9. The van der Waals surface area contributed by atoms with Gasteiger partial charge < -0.3 is 24.4 Å². The van der Waals surface area contributed by atoms with E-state index >= 15 is 0 Å². The number of ether oxygens (including phenoxy) is 2. The first-order chi connectivity index (χ1) is 18.5. The second kappa shape index (κ2) is 10.4. The van der Waals surface area contributed by atoms with E-state index in [9.17, 15) is 18.7 Å². The highest BCUT2D eigenvalue weighted by atomic mass is 19.3. The van der Waals surface area contributed by atoms with E-state index in [-0.39, 0.29) is 35.7 Å². The maximum absolute atomic E-state index is 14.0. The number of para-hydroxylation sites is 2. The number of hydrogen-bond acceptors (Lipinski definition) is 8. The second-order valence-electron chi connectivity index (χ2n) is 10.0. The van der Waals surface area contributed by atoms with Crippen molar-refractivity contribution in [3.63, 3.8) is 0 Å². The Kier molecular flexibility index (Phi) is 6.83. The monoisotopic (exact) mass is 528 g/mol. The van der Waals surface area contributed by atoms with Crippen LogP contribution in [0.15, 0.2) is 30.3 Å². The lowest BCUT2D eigenvalue weighted by molar-refractivity contribution is -0.146. The molecular formula is C26H30F2N6O4. The third kappa shape index (κ3) is 4.90. The zero-order chi connectivity index (χ0) is 26.2. The van der Waals surface area contributed by atoms with Crippen LogP contribution in [0.3, 0.4) is 0 Å². The van der Waals surface area contributed by atoms with Gasteiger partial charge in [-0.3, -0.25) is 9.36 Å². The molecule has 3 fully saturated rings. The van der Waals surface area contributed by atoms with Gasteiger partial charge in [0, 0.05) is 25.1 Å². The first-order valence-electron chi connectivity index (χ1n) is 13.1. The fraction of sp³-hybridized carbons (Fsp3) is 0.538. The number of carbonyl (C=O) groups excluding carboxylic acids is 1. The van der Waals surface area contributed by atoms with Crippen molar-refractivity contribution >= 4 is 22.9 Å². The molecule has 4 heterocycles. The van der Waals surface area contributed by atoms with Crippen LogP contribution in [0.25, 0.3) is 16.9 Å². The molecule has 1 aromatic carbocycles. The largest absolute Gasteiger partial charge is 0.470 e.